The minimum absolute atomic E-state index is 0.0479. The molecular formula is C14H25NO3. The molecule has 0 aromatic heterocycles. The van der Waals surface area contributed by atoms with Gasteiger partial charge in [0.15, 0.2) is 0 Å². The van der Waals surface area contributed by atoms with Gasteiger partial charge >= 0.3 is 5.97 Å². The summed E-state index contributed by atoms with van der Waals surface area (Å²) in [5, 5.41) is 12.9. The van der Waals surface area contributed by atoms with Crippen molar-refractivity contribution in [1.29, 1.82) is 0 Å². The summed E-state index contributed by atoms with van der Waals surface area (Å²) in [6.07, 6.45) is 4.51. The molecule has 0 saturated carbocycles. The maximum absolute atomic E-state index is 11.6. The molecule has 0 aromatic carbocycles. The predicted octanol–water partition coefficient (Wildman–Crippen LogP) is 1.89. The highest BCUT2D eigenvalue weighted by atomic mass is 16.5. The number of carboxylic acids is 1. The zero-order valence-electron chi connectivity index (χ0n) is 11.4. The highest BCUT2D eigenvalue weighted by Crippen LogP contribution is 2.41. The standard InChI is InChI=1S/C14H25NO3/c1-10-14(2,13(16)17)12(8-15-10)7-11-5-3-4-6-18-9-11/h10-12,15H,3-9H2,1-2H3,(H,16,17)/t10?,11-,12?,14?/m1/s1. The molecule has 4 atom stereocenters. The van der Waals surface area contributed by atoms with E-state index in [9.17, 15) is 9.90 Å². The third kappa shape index (κ3) is 2.54. The van der Waals surface area contributed by atoms with Crippen molar-refractivity contribution in [3.8, 4) is 0 Å². The molecule has 0 aliphatic carbocycles. The maximum atomic E-state index is 11.6. The van der Waals surface area contributed by atoms with Gasteiger partial charge in [-0.25, -0.2) is 0 Å². The molecule has 104 valence electrons. The van der Waals surface area contributed by atoms with Crippen molar-refractivity contribution in [2.24, 2.45) is 17.3 Å². The molecular weight excluding hydrogens is 230 g/mol. The molecule has 2 fully saturated rings. The van der Waals surface area contributed by atoms with Crippen molar-refractivity contribution in [3.05, 3.63) is 0 Å². The van der Waals surface area contributed by atoms with Crippen LogP contribution in [0.4, 0.5) is 0 Å². The minimum atomic E-state index is -0.667. The Morgan fingerprint density at radius 2 is 2.28 bits per heavy atom. The lowest BCUT2D eigenvalue weighted by atomic mass is 9.71. The van der Waals surface area contributed by atoms with E-state index in [0.29, 0.717) is 5.92 Å². The first-order valence-corrected chi connectivity index (χ1v) is 7.09. The molecule has 2 aliphatic heterocycles. The fourth-order valence-electron chi connectivity index (χ4n) is 3.34. The molecule has 2 aliphatic rings. The average molecular weight is 255 g/mol. The van der Waals surface area contributed by atoms with Gasteiger partial charge in [-0.2, -0.15) is 0 Å². The summed E-state index contributed by atoms with van der Waals surface area (Å²) in [4.78, 5) is 11.6. The fraction of sp³-hybridized carbons (Fsp3) is 0.929. The summed E-state index contributed by atoms with van der Waals surface area (Å²) in [5.74, 6) is 0.0829. The quantitative estimate of drug-likeness (QED) is 0.808. The number of hydrogen-bond donors (Lipinski definition) is 2. The van der Waals surface area contributed by atoms with E-state index in [0.717, 1.165) is 32.6 Å². The number of rotatable bonds is 3. The highest BCUT2D eigenvalue weighted by Gasteiger charge is 2.50. The molecule has 0 aromatic rings. The molecule has 0 amide bonds. The van der Waals surface area contributed by atoms with Gasteiger partial charge in [0.05, 0.1) is 5.41 Å². The van der Waals surface area contributed by atoms with Crippen molar-refractivity contribution in [3.63, 3.8) is 0 Å². The topological polar surface area (TPSA) is 58.6 Å². The Balaban J connectivity index is 2.01. The third-order valence-electron chi connectivity index (χ3n) is 5.00. The van der Waals surface area contributed by atoms with Crippen LogP contribution in [0.2, 0.25) is 0 Å². The summed E-state index contributed by atoms with van der Waals surface area (Å²) in [7, 11) is 0. The summed E-state index contributed by atoms with van der Waals surface area (Å²) in [6, 6.07) is 0.0479. The second kappa shape index (κ2) is 5.57. The van der Waals surface area contributed by atoms with Crippen molar-refractivity contribution >= 4 is 5.97 Å². The van der Waals surface area contributed by atoms with Crippen LogP contribution in [0, 0.1) is 17.3 Å². The van der Waals surface area contributed by atoms with Crippen molar-refractivity contribution < 1.29 is 14.6 Å². The van der Waals surface area contributed by atoms with Gasteiger partial charge in [-0.1, -0.05) is 6.42 Å². The maximum Gasteiger partial charge on any atom is 0.311 e. The van der Waals surface area contributed by atoms with E-state index in [1.54, 1.807) is 0 Å². The molecule has 0 radical (unpaired) electrons. The molecule has 4 heteroatoms. The molecule has 2 saturated heterocycles. The van der Waals surface area contributed by atoms with E-state index in [4.69, 9.17) is 4.74 Å². The van der Waals surface area contributed by atoms with Gasteiger partial charge in [-0.3, -0.25) is 4.79 Å². The number of nitrogens with one attached hydrogen (secondary N) is 1. The largest absolute Gasteiger partial charge is 0.481 e. The van der Waals surface area contributed by atoms with Gasteiger partial charge in [0.2, 0.25) is 0 Å². The van der Waals surface area contributed by atoms with Crippen molar-refractivity contribution in [2.75, 3.05) is 19.8 Å². The zero-order valence-corrected chi connectivity index (χ0v) is 11.4. The highest BCUT2D eigenvalue weighted by molar-refractivity contribution is 5.76. The number of ether oxygens (including phenoxy) is 1. The first-order valence-electron chi connectivity index (χ1n) is 7.09. The molecule has 0 bridgehead atoms. The summed E-state index contributed by atoms with van der Waals surface area (Å²) in [6.45, 7) is 6.37. The third-order valence-corrected chi connectivity index (χ3v) is 5.00. The van der Waals surface area contributed by atoms with Crippen LogP contribution in [0.3, 0.4) is 0 Å². The van der Waals surface area contributed by atoms with Crippen LogP contribution >= 0.6 is 0 Å². The van der Waals surface area contributed by atoms with E-state index in [-0.39, 0.29) is 12.0 Å². The van der Waals surface area contributed by atoms with E-state index < -0.39 is 11.4 Å². The number of carbonyl (C=O) groups is 1. The first kappa shape index (κ1) is 13.8. The summed E-state index contributed by atoms with van der Waals surface area (Å²) < 4.78 is 5.61. The Morgan fingerprint density at radius 1 is 1.50 bits per heavy atom. The van der Waals surface area contributed by atoms with E-state index in [1.807, 2.05) is 13.8 Å². The van der Waals surface area contributed by atoms with Crippen molar-refractivity contribution in [2.45, 2.75) is 45.6 Å². The smallest absolute Gasteiger partial charge is 0.311 e. The average Bonchev–Trinajstić information content (AvgIpc) is 2.56. The van der Waals surface area contributed by atoms with Crippen LogP contribution < -0.4 is 5.32 Å². The molecule has 18 heavy (non-hydrogen) atoms. The van der Waals surface area contributed by atoms with Crippen LogP contribution in [-0.4, -0.2) is 36.9 Å². The summed E-state index contributed by atoms with van der Waals surface area (Å²) in [5.41, 5.74) is -0.633. The number of aliphatic carboxylic acids is 1. The Hall–Kier alpha value is -0.610. The summed E-state index contributed by atoms with van der Waals surface area (Å²) >= 11 is 0. The first-order chi connectivity index (χ1) is 8.55. The molecule has 2 rings (SSSR count). The Kier molecular flexibility index (Phi) is 4.28. The van der Waals surface area contributed by atoms with Gasteiger partial charge in [-0.15, -0.1) is 0 Å². The van der Waals surface area contributed by atoms with Gasteiger partial charge < -0.3 is 15.2 Å². The lowest BCUT2D eigenvalue weighted by Crippen LogP contribution is -2.42. The lowest BCUT2D eigenvalue weighted by molar-refractivity contribution is -0.151. The monoisotopic (exact) mass is 255 g/mol. The molecule has 3 unspecified atom stereocenters. The Bertz CT molecular complexity index is 299. The van der Waals surface area contributed by atoms with Gasteiger partial charge in [-0.05, 0) is 51.5 Å². The normalized spacial score (nSPS) is 41.6. The van der Waals surface area contributed by atoms with Gasteiger partial charge in [0.1, 0.15) is 0 Å². The van der Waals surface area contributed by atoms with Crippen LogP contribution in [0.1, 0.15) is 39.5 Å². The SMILES string of the molecule is CC1NCC(C[C@H]2CCCCOC2)C1(C)C(=O)O. The Morgan fingerprint density at radius 3 is 3.00 bits per heavy atom. The second-order valence-electron chi connectivity index (χ2n) is 6.09. The molecule has 2 N–H and O–H groups in total. The van der Waals surface area contributed by atoms with E-state index >= 15 is 0 Å². The Labute approximate surface area is 109 Å². The van der Waals surface area contributed by atoms with Crippen LogP contribution in [0.15, 0.2) is 0 Å². The fourth-order valence-corrected chi connectivity index (χ4v) is 3.34. The number of carboxylic acid groups (broad SMARTS) is 1. The van der Waals surface area contributed by atoms with E-state index in [2.05, 4.69) is 5.32 Å². The van der Waals surface area contributed by atoms with Crippen molar-refractivity contribution in [1.82, 2.24) is 5.32 Å². The number of hydrogen-bond acceptors (Lipinski definition) is 3. The molecule has 0 spiro atoms. The lowest BCUT2D eigenvalue weighted by Gasteiger charge is -2.31. The van der Waals surface area contributed by atoms with Crippen LogP contribution in [0.5, 0.6) is 0 Å². The van der Waals surface area contributed by atoms with Gasteiger partial charge in [0, 0.05) is 19.3 Å². The molecule has 4 nitrogen and oxygen atoms in total. The van der Waals surface area contributed by atoms with E-state index in [1.165, 1.54) is 12.8 Å². The second-order valence-corrected chi connectivity index (χ2v) is 6.09. The van der Waals surface area contributed by atoms with Gasteiger partial charge in [0.25, 0.3) is 0 Å². The predicted molar refractivity (Wildman–Crippen MR) is 69.5 cm³/mol. The minimum Gasteiger partial charge on any atom is -0.481 e. The molecule has 2 heterocycles. The van der Waals surface area contributed by atoms with Crippen LogP contribution in [-0.2, 0) is 9.53 Å². The zero-order chi connectivity index (χ0) is 13.2. The van der Waals surface area contributed by atoms with Crippen LogP contribution in [0.25, 0.3) is 0 Å².